The van der Waals surface area contributed by atoms with E-state index in [0.717, 1.165) is 11.8 Å². The van der Waals surface area contributed by atoms with Crippen molar-refractivity contribution >= 4 is 45.3 Å². The minimum Gasteiger partial charge on any atom is -0.495 e. The summed E-state index contributed by atoms with van der Waals surface area (Å²) in [6.45, 7) is 0. The Morgan fingerprint density at radius 1 is 1.03 bits per heavy atom. The third kappa shape index (κ3) is 4.06. The number of benzene rings is 3. The highest BCUT2D eigenvalue weighted by Gasteiger charge is 2.17. The molecular weight excluding hydrogens is 454 g/mol. The topological polar surface area (TPSA) is 122 Å². The van der Waals surface area contributed by atoms with Crippen LogP contribution in [0.2, 0.25) is 0 Å². The van der Waals surface area contributed by atoms with Crippen LogP contribution in [0.4, 0.5) is 5.69 Å². The second-order valence-corrected chi connectivity index (χ2v) is 8.34. The van der Waals surface area contributed by atoms with Gasteiger partial charge in [-0.1, -0.05) is 36.0 Å². The first-order valence-corrected chi connectivity index (χ1v) is 11.3. The summed E-state index contributed by atoms with van der Waals surface area (Å²) in [5.41, 5.74) is 2.31. The van der Waals surface area contributed by atoms with Gasteiger partial charge in [0.25, 0.3) is 5.56 Å². The van der Waals surface area contributed by atoms with Gasteiger partial charge < -0.3 is 20.0 Å². The van der Waals surface area contributed by atoms with Crippen molar-refractivity contribution in [3.63, 3.8) is 0 Å². The quantitative estimate of drug-likeness (QED) is 0.257. The summed E-state index contributed by atoms with van der Waals surface area (Å²) in [5, 5.41) is 3.65. The number of H-pyrrole nitrogens is 2. The van der Waals surface area contributed by atoms with Crippen LogP contribution in [-0.2, 0) is 4.79 Å². The first-order valence-electron chi connectivity index (χ1n) is 10.3. The number of nitrogens with zero attached hydrogens (tertiary/aromatic N) is 2. The largest absolute Gasteiger partial charge is 0.495 e. The van der Waals surface area contributed by atoms with Gasteiger partial charge in [-0.3, -0.25) is 14.2 Å². The Morgan fingerprint density at radius 3 is 2.65 bits per heavy atom. The van der Waals surface area contributed by atoms with Crippen molar-refractivity contribution in [3.05, 3.63) is 87.6 Å². The lowest BCUT2D eigenvalue weighted by molar-refractivity contribution is -0.113. The van der Waals surface area contributed by atoms with Gasteiger partial charge in [-0.05, 0) is 42.5 Å². The van der Waals surface area contributed by atoms with Crippen LogP contribution >= 0.6 is 11.8 Å². The molecule has 0 saturated heterocycles. The summed E-state index contributed by atoms with van der Waals surface area (Å²) >= 11 is 1.15. The van der Waals surface area contributed by atoms with Crippen molar-refractivity contribution in [2.75, 3.05) is 18.2 Å². The Morgan fingerprint density at radius 2 is 1.79 bits per heavy atom. The van der Waals surface area contributed by atoms with Crippen LogP contribution in [0.15, 0.2) is 81.5 Å². The van der Waals surface area contributed by atoms with E-state index in [-0.39, 0.29) is 22.9 Å². The predicted molar refractivity (Wildman–Crippen MR) is 132 cm³/mol. The molecule has 34 heavy (non-hydrogen) atoms. The molecule has 5 rings (SSSR count). The van der Waals surface area contributed by atoms with Crippen molar-refractivity contribution in [3.8, 4) is 11.4 Å². The number of rotatable bonds is 6. The molecule has 0 spiro atoms. The standard InChI is InChI=1S/C24H19N5O4S/c1-33-20-9-5-4-8-19(20)29-22(31)15-6-2-3-7-16(15)28-24(29)34-13-21(30)25-14-10-11-17-18(12-14)27-23(32)26-17/h2-12H,13H2,1H3,(H,25,30)(H2,26,27,32). The van der Waals surface area contributed by atoms with E-state index in [1.165, 1.54) is 11.7 Å². The third-order valence-electron chi connectivity index (χ3n) is 5.20. The monoisotopic (exact) mass is 473 g/mol. The normalized spacial score (nSPS) is 11.1. The zero-order chi connectivity index (χ0) is 23.7. The molecule has 0 fully saturated rings. The number of ether oxygens (including phenoxy) is 1. The van der Waals surface area contributed by atoms with Crippen LogP contribution in [0.5, 0.6) is 5.75 Å². The lowest BCUT2D eigenvalue weighted by Crippen LogP contribution is -2.23. The number of para-hydroxylation sites is 3. The molecule has 0 atom stereocenters. The van der Waals surface area contributed by atoms with Crippen LogP contribution in [0.1, 0.15) is 0 Å². The lowest BCUT2D eigenvalue weighted by atomic mass is 10.2. The number of thioether (sulfide) groups is 1. The van der Waals surface area contributed by atoms with Crippen LogP contribution in [0.25, 0.3) is 27.6 Å². The van der Waals surface area contributed by atoms with Gasteiger partial charge in [-0.15, -0.1) is 0 Å². The molecule has 2 heterocycles. The number of amides is 1. The van der Waals surface area contributed by atoms with Crippen molar-refractivity contribution in [1.29, 1.82) is 0 Å². The summed E-state index contributed by atoms with van der Waals surface area (Å²) in [7, 11) is 1.53. The van der Waals surface area contributed by atoms with E-state index in [0.29, 0.717) is 44.2 Å². The fourth-order valence-electron chi connectivity index (χ4n) is 3.67. The third-order valence-corrected chi connectivity index (χ3v) is 6.14. The minimum atomic E-state index is -0.314. The van der Waals surface area contributed by atoms with Gasteiger partial charge in [0.2, 0.25) is 5.91 Å². The van der Waals surface area contributed by atoms with Crippen molar-refractivity contribution in [2.24, 2.45) is 0 Å². The van der Waals surface area contributed by atoms with Gasteiger partial charge in [0.1, 0.15) is 5.75 Å². The number of carbonyl (C=O) groups excluding carboxylic acids is 1. The minimum absolute atomic E-state index is 0.0155. The van der Waals surface area contributed by atoms with Gasteiger partial charge in [-0.25, -0.2) is 9.78 Å². The number of methoxy groups -OCH3 is 1. The molecule has 3 aromatic carbocycles. The molecule has 1 amide bonds. The van der Waals surface area contributed by atoms with Crippen molar-refractivity contribution in [2.45, 2.75) is 5.16 Å². The number of carbonyl (C=O) groups is 1. The summed E-state index contributed by atoms with van der Waals surface area (Å²) in [6, 6.07) is 19.3. The zero-order valence-electron chi connectivity index (χ0n) is 18.0. The smallest absolute Gasteiger partial charge is 0.323 e. The number of anilines is 1. The fourth-order valence-corrected chi connectivity index (χ4v) is 4.48. The molecule has 10 heteroatoms. The Hall–Kier alpha value is -4.31. The molecule has 0 radical (unpaired) electrons. The highest BCUT2D eigenvalue weighted by molar-refractivity contribution is 7.99. The number of aromatic nitrogens is 4. The maximum absolute atomic E-state index is 13.4. The van der Waals surface area contributed by atoms with Gasteiger partial charge in [0.05, 0.1) is 40.5 Å². The Labute approximate surface area is 196 Å². The number of hydrogen-bond donors (Lipinski definition) is 3. The molecule has 0 aliphatic rings. The summed E-state index contributed by atoms with van der Waals surface area (Å²) in [5.74, 6) is 0.250. The summed E-state index contributed by atoms with van der Waals surface area (Å²) < 4.78 is 6.93. The average molecular weight is 474 g/mol. The highest BCUT2D eigenvalue weighted by atomic mass is 32.2. The van der Waals surface area contributed by atoms with Crippen LogP contribution in [0, 0.1) is 0 Å². The molecule has 170 valence electrons. The van der Waals surface area contributed by atoms with E-state index >= 15 is 0 Å². The molecule has 3 N–H and O–H groups in total. The Bertz CT molecular complexity index is 1650. The SMILES string of the molecule is COc1ccccc1-n1c(SCC(=O)Nc2ccc3[nH]c(=O)[nH]c3c2)nc2ccccc2c1=O. The molecule has 9 nitrogen and oxygen atoms in total. The maximum atomic E-state index is 13.4. The van der Waals surface area contributed by atoms with E-state index in [1.807, 2.05) is 18.2 Å². The van der Waals surface area contributed by atoms with Gasteiger partial charge in [0.15, 0.2) is 5.16 Å². The predicted octanol–water partition coefficient (Wildman–Crippen LogP) is 3.29. The van der Waals surface area contributed by atoms with Crippen LogP contribution in [-0.4, -0.2) is 38.3 Å². The number of imidazole rings is 1. The molecule has 0 saturated carbocycles. The van der Waals surface area contributed by atoms with Gasteiger partial charge >= 0.3 is 5.69 Å². The molecule has 0 bridgehead atoms. The van der Waals surface area contributed by atoms with Crippen LogP contribution < -0.4 is 21.3 Å². The Kier molecular flexibility index (Phi) is 5.64. The van der Waals surface area contributed by atoms with E-state index in [2.05, 4.69) is 20.3 Å². The molecule has 0 unspecified atom stereocenters. The van der Waals surface area contributed by atoms with E-state index in [1.54, 1.807) is 48.5 Å². The maximum Gasteiger partial charge on any atom is 0.323 e. The van der Waals surface area contributed by atoms with Crippen molar-refractivity contribution < 1.29 is 9.53 Å². The fraction of sp³-hybridized carbons (Fsp3) is 0.0833. The summed E-state index contributed by atoms with van der Waals surface area (Å²) in [4.78, 5) is 47.5. The molecule has 2 aromatic heterocycles. The number of nitrogens with one attached hydrogen (secondary N) is 3. The second kappa shape index (κ2) is 8.91. The second-order valence-electron chi connectivity index (χ2n) is 7.40. The van der Waals surface area contributed by atoms with Crippen molar-refractivity contribution in [1.82, 2.24) is 19.5 Å². The number of aromatic amines is 2. The molecule has 5 aromatic rings. The molecule has 0 aliphatic carbocycles. The molecular formula is C24H19N5O4S. The number of hydrogen-bond acceptors (Lipinski definition) is 6. The zero-order valence-corrected chi connectivity index (χ0v) is 18.8. The van der Waals surface area contributed by atoms with Gasteiger partial charge in [0, 0.05) is 5.69 Å². The highest BCUT2D eigenvalue weighted by Crippen LogP contribution is 2.27. The lowest BCUT2D eigenvalue weighted by Gasteiger charge is -2.15. The Balaban J connectivity index is 1.47. The van der Waals surface area contributed by atoms with E-state index < -0.39 is 0 Å². The van der Waals surface area contributed by atoms with Crippen LogP contribution in [0.3, 0.4) is 0 Å². The molecule has 0 aliphatic heterocycles. The number of fused-ring (bicyclic) bond motifs is 2. The first-order chi connectivity index (χ1) is 16.5. The first kappa shape index (κ1) is 21.5. The van der Waals surface area contributed by atoms with E-state index in [9.17, 15) is 14.4 Å². The van der Waals surface area contributed by atoms with E-state index in [4.69, 9.17) is 4.74 Å². The van der Waals surface area contributed by atoms with Gasteiger partial charge in [-0.2, -0.15) is 0 Å². The summed E-state index contributed by atoms with van der Waals surface area (Å²) in [6.07, 6.45) is 0. The average Bonchev–Trinajstić information content (AvgIpc) is 3.22.